The molecule has 0 unspecified atom stereocenters. The molecule has 4 saturated carbocycles. The van der Waals surface area contributed by atoms with Gasteiger partial charge in [-0.15, -0.1) is 0 Å². The highest BCUT2D eigenvalue weighted by Gasteiger charge is 2.67. The van der Waals surface area contributed by atoms with Crippen LogP contribution in [-0.4, -0.2) is 33.1 Å². The van der Waals surface area contributed by atoms with Gasteiger partial charge in [0.05, 0.1) is 17.8 Å². The lowest BCUT2D eigenvalue weighted by Gasteiger charge is -2.65. The van der Waals surface area contributed by atoms with E-state index in [0.29, 0.717) is 35.5 Å². The van der Waals surface area contributed by atoms with Crippen LogP contribution >= 0.6 is 0 Å². The highest BCUT2D eigenvalue weighted by atomic mass is 16.3. The molecule has 0 spiro atoms. The average Bonchev–Trinajstić information content (AvgIpc) is 3.08. The second kappa shape index (κ2) is 8.68. The summed E-state index contributed by atoms with van der Waals surface area (Å²) in [6.45, 7) is 14.1. The minimum absolute atomic E-state index is 0.266. The fourth-order valence-corrected chi connectivity index (χ4v) is 9.60. The van der Waals surface area contributed by atoms with Crippen molar-refractivity contribution in [2.45, 2.75) is 124 Å². The molecule has 4 fully saturated rings. The Balaban J connectivity index is 1.52. The molecule has 0 saturated heterocycles. The van der Waals surface area contributed by atoms with Gasteiger partial charge >= 0.3 is 0 Å². The minimum atomic E-state index is -1.12. The maximum absolute atomic E-state index is 11.6. The lowest BCUT2D eigenvalue weighted by atomic mass is 9.42. The summed E-state index contributed by atoms with van der Waals surface area (Å²) in [5.74, 6) is 3.82. The van der Waals surface area contributed by atoms with Crippen LogP contribution in [0.3, 0.4) is 0 Å². The largest absolute Gasteiger partial charge is 0.393 e. The molecule has 0 aromatic rings. The molecule has 0 heterocycles. The fraction of sp³-hybridized carbons (Fsp3) is 0.931. The van der Waals surface area contributed by atoms with Gasteiger partial charge in [-0.3, -0.25) is 0 Å². The van der Waals surface area contributed by atoms with Crippen LogP contribution in [0.25, 0.3) is 0 Å². The van der Waals surface area contributed by atoms with E-state index in [9.17, 15) is 15.3 Å². The Bertz CT molecular complexity index is 715. The summed E-state index contributed by atoms with van der Waals surface area (Å²) >= 11 is 0. The molecular formula is C29H50O3. The third kappa shape index (κ3) is 3.64. The second-order valence-electron chi connectivity index (χ2n) is 13.1. The van der Waals surface area contributed by atoms with Gasteiger partial charge in [-0.05, 0) is 106 Å². The first-order valence-electron chi connectivity index (χ1n) is 13.7. The SMILES string of the molecule is C/C=C(/CC[C@@H](C)[C@H]1CC[C@H]2[C@@H]3C[C@@H](O)[C@@]4(O)C[C@@H](O)CC[C@]4(C)[C@H]3CC[C@]12C)C(C)C. The zero-order chi connectivity index (χ0) is 23.5. The third-order valence-electron chi connectivity index (χ3n) is 11.6. The summed E-state index contributed by atoms with van der Waals surface area (Å²) in [6.07, 6.45) is 11.4. The van der Waals surface area contributed by atoms with Crippen molar-refractivity contribution in [2.75, 3.05) is 0 Å². The maximum atomic E-state index is 11.6. The quantitative estimate of drug-likeness (QED) is 0.446. The number of rotatable bonds is 5. The maximum Gasteiger partial charge on any atom is 0.0985 e. The molecule has 0 radical (unpaired) electrons. The summed E-state index contributed by atoms with van der Waals surface area (Å²) in [4.78, 5) is 0. The summed E-state index contributed by atoms with van der Waals surface area (Å²) in [5, 5.41) is 33.2. The van der Waals surface area contributed by atoms with Crippen LogP contribution in [0.15, 0.2) is 11.6 Å². The zero-order valence-electron chi connectivity index (χ0n) is 21.6. The van der Waals surface area contributed by atoms with Gasteiger partial charge in [0.2, 0.25) is 0 Å². The highest BCUT2D eigenvalue weighted by Crippen LogP contribution is 2.69. The van der Waals surface area contributed by atoms with Crippen molar-refractivity contribution in [1.29, 1.82) is 0 Å². The number of allylic oxidation sites excluding steroid dienone is 2. The van der Waals surface area contributed by atoms with E-state index >= 15 is 0 Å². The van der Waals surface area contributed by atoms with Crippen molar-refractivity contribution < 1.29 is 15.3 Å². The Hall–Kier alpha value is -0.380. The predicted octanol–water partition coefficient (Wildman–Crippen LogP) is 6.11. The summed E-state index contributed by atoms with van der Waals surface area (Å²) in [6, 6.07) is 0. The number of aliphatic hydroxyl groups excluding tert-OH is 2. The van der Waals surface area contributed by atoms with Gasteiger partial charge < -0.3 is 15.3 Å². The Labute approximate surface area is 197 Å². The number of hydrogen-bond acceptors (Lipinski definition) is 3. The third-order valence-corrected chi connectivity index (χ3v) is 11.6. The molecule has 0 aromatic heterocycles. The standard InChI is InChI=1S/C29H50O3/c1-7-20(18(2)3)9-8-19(4)23-10-11-24-22-16-26(31)29(32)17-21(30)12-15-28(29,6)25(22)13-14-27(23,24)5/h7,18-19,21-26,30-32H,8-17H2,1-6H3/b20-7-/t19-,21+,22+,23-,24+,25+,26-,27-,28-,29+/m1/s1. The van der Waals surface area contributed by atoms with Crippen molar-refractivity contribution in [3.05, 3.63) is 11.6 Å². The molecule has 0 aromatic carbocycles. The van der Waals surface area contributed by atoms with E-state index in [2.05, 4.69) is 47.6 Å². The van der Waals surface area contributed by atoms with Gasteiger partial charge in [-0.1, -0.05) is 46.3 Å². The molecule has 3 heteroatoms. The monoisotopic (exact) mass is 446 g/mol. The van der Waals surface area contributed by atoms with Gasteiger partial charge in [-0.2, -0.15) is 0 Å². The Morgan fingerprint density at radius 1 is 1.00 bits per heavy atom. The van der Waals surface area contributed by atoms with Crippen LogP contribution in [0.4, 0.5) is 0 Å². The first-order chi connectivity index (χ1) is 15.0. The minimum Gasteiger partial charge on any atom is -0.393 e. The molecule has 184 valence electrons. The molecule has 3 nitrogen and oxygen atoms in total. The van der Waals surface area contributed by atoms with Crippen molar-refractivity contribution >= 4 is 0 Å². The molecule has 10 atom stereocenters. The van der Waals surface area contributed by atoms with E-state index in [1.807, 2.05) is 0 Å². The van der Waals surface area contributed by atoms with Crippen LogP contribution in [0.1, 0.15) is 106 Å². The number of aliphatic hydroxyl groups is 3. The molecule has 4 aliphatic rings. The van der Waals surface area contributed by atoms with E-state index in [1.54, 1.807) is 5.57 Å². The summed E-state index contributed by atoms with van der Waals surface area (Å²) in [7, 11) is 0. The average molecular weight is 447 g/mol. The predicted molar refractivity (Wildman–Crippen MR) is 131 cm³/mol. The Morgan fingerprint density at radius 2 is 1.72 bits per heavy atom. The molecule has 0 aliphatic heterocycles. The first-order valence-corrected chi connectivity index (χ1v) is 13.7. The van der Waals surface area contributed by atoms with Gasteiger partial charge in [0.15, 0.2) is 0 Å². The van der Waals surface area contributed by atoms with E-state index in [0.717, 1.165) is 31.1 Å². The van der Waals surface area contributed by atoms with Crippen LogP contribution in [0.5, 0.6) is 0 Å². The molecular weight excluding hydrogens is 396 g/mol. The Morgan fingerprint density at radius 3 is 2.38 bits per heavy atom. The fourth-order valence-electron chi connectivity index (χ4n) is 9.60. The smallest absolute Gasteiger partial charge is 0.0985 e. The first kappa shape index (κ1) is 24.7. The normalized spacial score (nSPS) is 50.0. The van der Waals surface area contributed by atoms with Crippen molar-refractivity contribution in [1.82, 2.24) is 0 Å². The summed E-state index contributed by atoms with van der Waals surface area (Å²) < 4.78 is 0. The van der Waals surface area contributed by atoms with E-state index in [4.69, 9.17) is 0 Å². The van der Waals surface area contributed by atoms with Crippen molar-refractivity contribution in [3.8, 4) is 0 Å². The van der Waals surface area contributed by atoms with E-state index < -0.39 is 17.8 Å². The van der Waals surface area contributed by atoms with Gasteiger partial charge in [0.1, 0.15) is 0 Å². The van der Waals surface area contributed by atoms with Crippen molar-refractivity contribution in [2.24, 2.45) is 46.3 Å². The van der Waals surface area contributed by atoms with Gasteiger partial charge in [0, 0.05) is 11.8 Å². The molecule has 4 aliphatic carbocycles. The van der Waals surface area contributed by atoms with E-state index in [-0.39, 0.29) is 5.41 Å². The lowest BCUT2D eigenvalue weighted by molar-refractivity contribution is -0.264. The molecule has 0 bridgehead atoms. The molecule has 32 heavy (non-hydrogen) atoms. The number of hydrogen-bond donors (Lipinski definition) is 3. The number of fused-ring (bicyclic) bond motifs is 5. The van der Waals surface area contributed by atoms with Crippen LogP contribution in [-0.2, 0) is 0 Å². The summed E-state index contributed by atoms with van der Waals surface area (Å²) in [5.41, 5.74) is 0.582. The molecule has 0 amide bonds. The lowest BCUT2D eigenvalue weighted by Crippen LogP contribution is -2.68. The second-order valence-corrected chi connectivity index (χ2v) is 13.1. The molecule has 4 rings (SSSR count). The van der Waals surface area contributed by atoms with Crippen LogP contribution in [0.2, 0.25) is 0 Å². The van der Waals surface area contributed by atoms with E-state index in [1.165, 1.54) is 38.5 Å². The topological polar surface area (TPSA) is 60.7 Å². The molecule has 3 N–H and O–H groups in total. The van der Waals surface area contributed by atoms with Crippen LogP contribution < -0.4 is 0 Å². The zero-order valence-corrected chi connectivity index (χ0v) is 21.6. The van der Waals surface area contributed by atoms with Gasteiger partial charge in [-0.25, -0.2) is 0 Å². The van der Waals surface area contributed by atoms with Crippen molar-refractivity contribution in [3.63, 3.8) is 0 Å². The highest BCUT2D eigenvalue weighted by molar-refractivity contribution is 5.17. The van der Waals surface area contributed by atoms with Gasteiger partial charge in [0.25, 0.3) is 0 Å². The van der Waals surface area contributed by atoms with Crippen LogP contribution in [0, 0.1) is 46.3 Å². The Kier molecular flexibility index (Phi) is 6.71.